The summed E-state index contributed by atoms with van der Waals surface area (Å²) in [6, 6.07) is 13.8. The van der Waals surface area contributed by atoms with E-state index in [4.69, 9.17) is 0 Å². The first kappa shape index (κ1) is 23.0. The summed E-state index contributed by atoms with van der Waals surface area (Å²) < 4.78 is 26.5. The van der Waals surface area contributed by atoms with E-state index in [2.05, 4.69) is 10.6 Å². The number of sulfonamides is 1. The van der Waals surface area contributed by atoms with Crippen molar-refractivity contribution in [3.63, 3.8) is 0 Å². The van der Waals surface area contributed by atoms with Gasteiger partial charge in [0.15, 0.2) is 0 Å². The third-order valence-electron chi connectivity index (χ3n) is 5.27. The number of benzene rings is 2. The van der Waals surface area contributed by atoms with Gasteiger partial charge in [0.1, 0.15) is 0 Å². The fourth-order valence-corrected chi connectivity index (χ4v) is 4.75. The van der Waals surface area contributed by atoms with Crippen LogP contribution in [0.25, 0.3) is 0 Å². The minimum atomic E-state index is -3.49. The lowest BCUT2D eigenvalue weighted by atomic mass is 10.1. The van der Waals surface area contributed by atoms with Crippen molar-refractivity contribution in [3.8, 4) is 0 Å². The maximum atomic E-state index is 12.6. The summed E-state index contributed by atoms with van der Waals surface area (Å²) in [5.74, 6) is -0.380. The van der Waals surface area contributed by atoms with Crippen LogP contribution >= 0.6 is 0 Å². The van der Waals surface area contributed by atoms with E-state index in [0.717, 1.165) is 18.4 Å². The summed E-state index contributed by atoms with van der Waals surface area (Å²) in [4.78, 5) is 25.1. The third-order valence-corrected chi connectivity index (χ3v) is 7.33. The number of aryl methyl sites for hydroxylation is 1. The number of hydrogen-bond acceptors (Lipinski definition) is 4. The fraction of sp³-hybridized carbons (Fsp3) is 0.391. The van der Waals surface area contributed by atoms with Gasteiger partial charge in [-0.2, -0.15) is 4.31 Å². The first-order valence-electron chi connectivity index (χ1n) is 10.6. The highest BCUT2D eigenvalue weighted by molar-refractivity contribution is 7.89. The molecule has 0 unspecified atom stereocenters. The van der Waals surface area contributed by atoms with Gasteiger partial charge in [-0.15, -0.1) is 0 Å². The minimum Gasteiger partial charge on any atom is -0.349 e. The van der Waals surface area contributed by atoms with E-state index in [0.29, 0.717) is 30.8 Å². The zero-order valence-corrected chi connectivity index (χ0v) is 18.7. The van der Waals surface area contributed by atoms with Gasteiger partial charge in [-0.25, -0.2) is 8.42 Å². The lowest BCUT2D eigenvalue weighted by molar-refractivity contribution is -0.116. The molecule has 166 valence electrons. The molecule has 8 heteroatoms. The second-order valence-corrected chi connectivity index (χ2v) is 9.51. The lowest BCUT2D eigenvalue weighted by Crippen LogP contribution is -2.30. The summed E-state index contributed by atoms with van der Waals surface area (Å²) in [7, 11) is -3.49. The van der Waals surface area contributed by atoms with E-state index in [1.165, 1.54) is 4.31 Å². The van der Waals surface area contributed by atoms with Crippen molar-refractivity contribution in [2.45, 2.75) is 50.5 Å². The highest BCUT2D eigenvalue weighted by atomic mass is 32.2. The Balaban J connectivity index is 1.59. The number of nitrogens with zero attached hydrogens (tertiary/aromatic N) is 1. The van der Waals surface area contributed by atoms with Crippen molar-refractivity contribution in [1.82, 2.24) is 9.62 Å². The molecular weight excluding hydrogens is 414 g/mol. The van der Waals surface area contributed by atoms with E-state index in [9.17, 15) is 18.0 Å². The van der Waals surface area contributed by atoms with Crippen LogP contribution in [0, 0.1) is 0 Å². The molecule has 1 saturated carbocycles. The molecule has 0 aromatic heterocycles. The van der Waals surface area contributed by atoms with Gasteiger partial charge in [-0.05, 0) is 49.1 Å². The molecule has 0 aliphatic heterocycles. The number of anilines is 1. The van der Waals surface area contributed by atoms with Crippen molar-refractivity contribution < 1.29 is 18.0 Å². The van der Waals surface area contributed by atoms with Gasteiger partial charge in [0.25, 0.3) is 5.91 Å². The molecule has 2 N–H and O–H groups in total. The van der Waals surface area contributed by atoms with Crippen LogP contribution in [0.2, 0.25) is 0 Å². The molecule has 3 rings (SSSR count). The summed E-state index contributed by atoms with van der Waals surface area (Å²) >= 11 is 0. The smallest absolute Gasteiger partial charge is 0.253 e. The Hall–Kier alpha value is -2.71. The molecule has 2 amide bonds. The summed E-state index contributed by atoms with van der Waals surface area (Å²) in [5.41, 5.74) is 1.81. The lowest BCUT2D eigenvalue weighted by Gasteiger charge is -2.18. The quantitative estimate of drug-likeness (QED) is 0.590. The van der Waals surface area contributed by atoms with Gasteiger partial charge >= 0.3 is 0 Å². The molecule has 0 saturated heterocycles. The standard InChI is InChI=1S/C23H29N3O4S/c1-3-26(4-2)31(29,30)19-14-9-17(10-15-19)11-16-22(27)25-21-8-6-5-7-20(21)23(28)24-18-12-13-18/h5-10,14-15,18H,3-4,11-13,16H2,1-2H3,(H,24,28)(H,25,27). The Morgan fingerprint density at radius 2 is 1.65 bits per heavy atom. The molecule has 31 heavy (non-hydrogen) atoms. The molecule has 2 aromatic carbocycles. The predicted molar refractivity (Wildman–Crippen MR) is 120 cm³/mol. The normalized spacial score (nSPS) is 13.8. The van der Waals surface area contributed by atoms with Gasteiger partial charge < -0.3 is 10.6 Å². The molecule has 0 spiro atoms. The van der Waals surface area contributed by atoms with Crippen LogP contribution in [0.1, 0.15) is 49.0 Å². The van der Waals surface area contributed by atoms with Gasteiger partial charge in [-0.1, -0.05) is 38.1 Å². The monoisotopic (exact) mass is 443 g/mol. The maximum Gasteiger partial charge on any atom is 0.253 e. The molecule has 1 fully saturated rings. The van der Waals surface area contributed by atoms with E-state index >= 15 is 0 Å². The van der Waals surface area contributed by atoms with E-state index in [1.54, 1.807) is 48.5 Å². The summed E-state index contributed by atoms with van der Waals surface area (Å²) in [6.45, 7) is 4.45. The van der Waals surface area contributed by atoms with E-state index in [-0.39, 0.29) is 29.2 Å². The molecule has 0 bridgehead atoms. The fourth-order valence-electron chi connectivity index (χ4n) is 3.29. The molecule has 2 aromatic rings. The number of hydrogen-bond donors (Lipinski definition) is 2. The first-order chi connectivity index (χ1) is 14.8. The molecule has 0 atom stereocenters. The van der Waals surface area contributed by atoms with Crippen LogP contribution in [0.4, 0.5) is 5.69 Å². The largest absolute Gasteiger partial charge is 0.349 e. The average Bonchev–Trinajstić information content (AvgIpc) is 3.57. The third kappa shape index (κ3) is 5.92. The molecule has 1 aliphatic carbocycles. The Labute approximate surface area is 183 Å². The van der Waals surface area contributed by atoms with Crippen molar-refractivity contribution in [1.29, 1.82) is 0 Å². The molecule has 7 nitrogen and oxygen atoms in total. The Kier molecular flexibility index (Phi) is 7.46. The Morgan fingerprint density at radius 3 is 2.26 bits per heavy atom. The summed E-state index contributed by atoms with van der Waals surface area (Å²) in [5, 5.41) is 5.75. The zero-order chi connectivity index (χ0) is 22.4. The van der Waals surface area contributed by atoms with Crippen LogP contribution in [-0.2, 0) is 21.2 Å². The van der Waals surface area contributed by atoms with Crippen LogP contribution in [0.3, 0.4) is 0 Å². The van der Waals surface area contributed by atoms with Gasteiger partial charge in [-0.3, -0.25) is 9.59 Å². The summed E-state index contributed by atoms with van der Waals surface area (Å²) in [6.07, 6.45) is 2.68. The van der Waals surface area contributed by atoms with Crippen LogP contribution in [0.5, 0.6) is 0 Å². The SMILES string of the molecule is CCN(CC)S(=O)(=O)c1ccc(CCC(=O)Nc2ccccc2C(=O)NC2CC2)cc1. The number of nitrogens with one attached hydrogen (secondary N) is 2. The number of rotatable bonds is 10. The van der Waals surface area contributed by atoms with Gasteiger partial charge in [0.05, 0.1) is 16.1 Å². The molecule has 0 radical (unpaired) electrons. The maximum absolute atomic E-state index is 12.6. The second kappa shape index (κ2) is 10.1. The van der Waals surface area contributed by atoms with Crippen LogP contribution in [0.15, 0.2) is 53.4 Å². The highest BCUT2D eigenvalue weighted by Gasteiger charge is 2.25. The second-order valence-electron chi connectivity index (χ2n) is 7.57. The number of carbonyl (C=O) groups is 2. The van der Waals surface area contributed by atoms with Gasteiger partial charge in [0, 0.05) is 25.6 Å². The first-order valence-corrected chi connectivity index (χ1v) is 12.1. The number of carbonyl (C=O) groups excluding carboxylic acids is 2. The van der Waals surface area contributed by atoms with Gasteiger partial charge in [0.2, 0.25) is 15.9 Å². The highest BCUT2D eigenvalue weighted by Crippen LogP contribution is 2.22. The van der Waals surface area contributed by atoms with E-state index in [1.807, 2.05) is 13.8 Å². The average molecular weight is 444 g/mol. The predicted octanol–water partition coefficient (Wildman–Crippen LogP) is 3.18. The Morgan fingerprint density at radius 1 is 1.00 bits per heavy atom. The number of para-hydroxylation sites is 1. The molecule has 0 heterocycles. The minimum absolute atomic E-state index is 0.177. The zero-order valence-electron chi connectivity index (χ0n) is 17.9. The molecular formula is C23H29N3O4S. The molecule has 1 aliphatic rings. The topological polar surface area (TPSA) is 95.6 Å². The van der Waals surface area contributed by atoms with Crippen molar-refractivity contribution in [3.05, 3.63) is 59.7 Å². The van der Waals surface area contributed by atoms with Crippen molar-refractivity contribution in [2.24, 2.45) is 0 Å². The van der Waals surface area contributed by atoms with E-state index < -0.39 is 10.0 Å². The van der Waals surface area contributed by atoms with Crippen LogP contribution < -0.4 is 10.6 Å². The Bertz CT molecular complexity index is 1030. The van der Waals surface area contributed by atoms with Crippen molar-refractivity contribution in [2.75, 3.05) is 18.4 Å². The van der Waals surface area contributed by atoms with Crippen LogP contribution in [-0.4, -0.2) is 43.7 Å². The number of amides is 2. The van der Waals surface area contributed by atoms with Crippen molar-refractivity contribution >= 4 is 27.5 Å².